The zero-order valence-electron chi connectivity index (χ0n) is 18.0. The first kappa shape index (κ1) is 20.3. The standard InChI is InChI=1S/C25H21N7O/c1-3-18-7-10-20(11-8-18)29-25(33)14-21-13-22(19-9-12-23-26-16-27-31(23)15-19)32(30-21)24-6-4-5-17(2)28-24/h3-13,15-16H,1,14H2,2H3,(H,29,33). The molecule has 5 aromatic rings. The normalized spacial score (nSPS) is 10.9. The first-order chi connectivity index (χ1) is 16.1. The minimum absolute atomic E-state index is 0.126. The highest BCUT2D eigenvalue weighted by Crippen LogP contribution is 2.24. The molecule has 0 aliphatic carbocycles. The second-order valence-corrected chi connectivity index (χ2v) is 7.60. The Bertz CT molecular complexity index is 1460. The minimum atomic E-state index is -0.151. The summed E-state index contributed by atoms with van der Waals surface area (Å²) in [5.74, 6) is 0.525. The van der Waals surface area contributed by atoms with E-state index in [1.807, 2.05) is 73.8 Å². The lowest BCUT2D eigenvalue weighted by molar-refractivity contribution is -0.115. The second-order valence-electron chi connectivity index (χ2n) is 7.60. The summed E-state index contributed by atoms with van der Waals surface area (Å²) < 4.78 is 3.46. The van der Waals surface area contributed by atoms with Gasteiger partial charge in [-0.3, -0.25) is 4.79 Å². The Hall–Kier alpha value is -4.59. The van der Waals surface area contributed by atoms with Crippen molar-refractivity contribution in [3.8, 4) is 17.1 Å². The third-order valence-electron chi connectivity index (χ3n) is 5.19. The molecule has 0 unspecified atom stereocenters. The van der Waals surface area contributed by atoms with Crippen molar-refractivity contribution in [1.29, 1.82) is 0 Å². The molecule has 0 fully saturated rings. The summed E-state index contributed by atoms with van der Waals surface area (Å²) >= 11 is 0. The quantitative estimate of drug-likeness (QED) is 0.434. The molecule has 4 aromatic heterocycles. The van der Waals surface area contributed by atoms with Crippen molar-refractivity contribution in [3.05, 3.63) is 96.7 Å². The number of hydrogen-bond acceptors (Lipinski definition) is 5. The van der Waals surface area contributed by atoms with Crippen molar-refractivity contribution in [3.63, 3.8) is 0 Å². The highest BCUT2D eigenvalue weighted by atomic mass is 16.1. The van der Waals surface area contributed by atoms with Gasteiger partial charge in [-0.25, -0.2) is 19.2 Å². The number of anilines is 1. The first-order valence-corrected chi connectivity index (χ1v) is 10.4. The Morgan fingerprint density at radius 1 is 1.12 bits per heavy atom. The van der Waals surface area contributed by atoms with E-state index in [4.69, 9.17) is 5.10 Å². The summed E-state index contributed by atoms with van der Waals surface area (Å²) in [5, 5.41) is 11.9. The number of pyridine rings is 2. The molecular formula is C25H21N7O. The van der Waals surface area contributed by atoms with Crippen molar-refractivity contribution >= 4 is 23.3 Å². The lowest BCUT2D eigenvalue weighted by Crippen LogP contribution is -2.15. The van der Waals surface area contributed by atoms with E-state index in [-0.39, 0.29) is 12.3 Å². The summed E-state index contributed by atoms with van der Waals surface area (Å²) in [5.41, 5.74) is 5.67. The summed E-state index contributed by atoms with van der Waals surface area (Å²) in [6, 6.07) is 19.0. The second kappa shape index (κ2) is 8.51. The number of hydrogen-bond donors (Lipinski definition) is 1. The summed E-state index contributed by atoms with van der Waals surface area (Å²) in [6.07, 6.45) is 5.28. The number of benzene rings is 1. The van der Waals surface area contributed by atoms with Crippen LogP contribution in [-0.4, -0.2) is 35.3 Å². The number of nitrogens with zero attached hydrogens (tertiary/aromatic N) is 6. The lowest BCUT2D eigenvalue weighted by Gasteiger charge is -2.07. The molecule has 4 heterocycles. The minimum Gasteiger partial charge on any atom is -0.326 e. The molecule has 8 heteroatoms. The third kappa shape index (κ3) is 4.27. The molecular weight excluding hydrogens is 414 g/mol. The molecule has 0 atom stereocenters. The molecule has 0 aliphatic rings. The molecule has 8 nitrogen and oxygen atoms in total. The van der Waals surface area contributed by atoms with Gasteiger partial charge in [0.25, 0.3) is 0 Å². The third-order valence-corrected chi connectivity index (χ3v) is 5.19. The highest BCUT2D eigenvalue weighted by Gasteiger charge is 2.16. The van der Waals surface area contributed by atoms with Crippen molar-refractivity contribution in [2.75, 3.05) is 5.32 Å². The monoisotopic (exact) mass is 435 g/mol. The van der Waals surface area contributed by atoms with Crippen LogP contribution in [0.3, 0.4) is 0 Å². The van der Waals surface area contributed by atoms with Gasteiger partial charge in [-0.2, -0.15) is 10.2 Å². The number of amides is 1. The Balaban J connectivity index is 1.48. The molecule has 0 radical (unpaired) electrons. The van der Waals surface area contributed by atoms with Gasteiger partial charge in [-0.1, -0.05) is 30.9 Å². The van der Waals surface area contributed by atoms with Crippen molar-refractivity contribution in [2.24, 2.45) is 0 Å². The number of carbonyl (C=O) groups excluding carboxylic acids is 1. The average Bonchev–Trinajstić information content (AvgIpc) is 3.46. The smallest absolute Gasteiger partial charge is 0.230 e. The highest BCUT2D eigenvalue weighted by molar-refractivity contribution is 5.92. The Kier molecular flexibility index (Phi) is 5.24. The van der Waals surface area contributed by atoms with Gasteiger partial charge in [0, 0.05) is 23.1 Å². The van der Waals surface area contributed by atoms with Crippen LogP contribution in [0.4, 0.5) is 5.69 Å². The first-order valence-electron chi connectivity index (χ1n) is 10.4. The number of nitrogens with one attached hydrogen (secondary N) is 1. The van der Waals surface area contributed by atoms with E-state index in [1.54, 1.807) is 15.3 Å². The topological polar surface area (TPSA) is 90.0 Å². The van der Waals surface area contributed by atoms with Gasteiger partial charge >= 0.3 is 0 Å². The average molecular weight is 435 g/mol. The number of fused-ring (bicyclic) bond motifs is 1. The van der Waals surface area contributed by atoms with Crippen LogP contribution in [0.1, 0.15) is 17.0 Å². The largest absolute Gasteiger partial charge is 0.326 e. The fraction of sp³-hybridized carbons (Fsp3) is 0.0800. The van der Waals surface area contributed by atoms with Crippen LogP contribution < -0.4 is 5.32 Å². The van der Waals surface area contributed by atoms with Crippen molar-refractivity contribution in [1.82, 2.24) is 29.4 Å². The van der Waals surface area contributed by atoms with Crippen molar-refractivity contribution < 1.29 is 4.79 Å². The van der Waals surface area contributed by atoms with Crippen LogP contribution in [0.2, 0.25) is 0 Å². The molecule has 0 aliphatic heterocycles. The van der Waals surface area contributed by atoms with Crippen LogP contribution in [0.25, 0.3) is 28.8 Å². The predicted octanol–water partition coefficient (Wildman–Crippen LogP) is 4.11. The molecule has 33 heavy (non-hydrogen) atoms. The van der Waals surface area contributed by atoms with E-state index in [1.165, 1.54) is 6.33 Å². The van der Waals surface area contributed by atoms with Gasteiger partial charge in [0.2, 0.25) is 5.91 Å². The number of rotatable bonds is 6. The SMILES string of the molecule is C=Cc1ccc(NC(=O)Cc2cc(-c3ccc4ncnn4c3)n(-c3cccc(C)n3)n2)cc1. The van der Waals surface area contributed by atoms with Gasteiger partial charge < -0.3 is 5.32 Å². The van der Waals surface area contributed by atoms with Crippen molar-refractivity contribution in [2.45, 2.75) is 13.3 Å². The predicted molar refractivity (Wildman–Crippen MR) is 127 cm³/mol. The van der Waals surface area contributed by atoms with E-state index in [0.29, 0.717) is 11.5 Å². The molecule has 1 amide bonds. The Morgan fingerprint density at radius 2 is 1.97 bits per heavy atom. The molecule has 162 valence electrons. The maximum Gasteiger partial charge on any atom is 0.230 e. The zero-order valence-corrected chi connectivity index (χ0v) is 18.0. The van der Waals surface area contributed by atoms with E-state index >= 15 is 0 Å². The van der Waals surface area contributed by atoms with Crippen LogP contribution in [0, 0.1) is 6.92 Å². The van der Waals surface area contributed by atoms with Gasteiger partial charge in [0.1, 0.15) is 6.33 Å². The van der Waals surface area contributed by atoms with Crippen LogP contribution in [-0.2, 0) is 11.2 Å². The fourth-order valence-corrected chi connectivity index (χ4v) is 3.58. The summed E-state index contributed by atoms with van der Waals surface area (Å²) in [7, 11) is 0. The molecule has 5 rings (SSSR count). The Labute approximate surface area is 190 Å². The summed E-state index contributed by atoms with van der Waals surface area (Å²) in [6.45, 7) is 5.68. The Morgan fingerprint density at radius 3 is 2.76 bits per heavy atom. The molecule has 0 bridgehead atoms. The van der Waals surface area contributed by atoms with E-state index in [9.17, 15) is 4.79 Å². The maximum absolute atomic E-state index is 12.7. The summed E-state index contributed by atoms with van der Waals surface area (Å²) in [4.78, 5) is 21.5. The van der Waals surface area contributed by atoms with E-state index < -0.39 is 0 Å². The molecule has 0 saturated heterocycles. The molecule has 0 spiro atoms. The lowest BCUT2D eigenvalue weighted by atomic mass is 10.1. The van der Waals surface area contributed by atoms with Crippen LogP contribution in [0.15, 0.2) is 79.8 Å². The number of carbonyl (C=O) groups is 1. The van der Waals surface area contributed by atoms with Crippen LogP contribution in [0.5, 0.6) is 0 Å². The van der Waals surface area contributed by atoms with Crippen LogP contribution >= 0.6 is 0 Å². The number of aryl methyl sites for hydroxylation is 1. The molecule has 1 aromatic carbocycles. The van der Waals surface area contributed by atoms with E-state index in [0.717, 1.165) is 33.8 Å². The van der Waals surface area contributed by atoms with E-state index in [2.05, 4.69) is 27.0 Å². The molecule has 1 N–H and O–H groups in total. The van der Waals surface area contributed by atoms with Gasteiger partial charge in [0.15, 0.2) is 11.5 Å². The maximum atomic E-state index is 12.7. The molecule has 0 saturated carbocycles. The van der Waals surface area contributed by atoms with Gasteiger partial charge in [-0.05, 0) is 55.0 Å². The fourth-order valence-electron chi connectivity index (χ4n) is 3.58. The van der Waals surface area contributed by atoms with Gasteiger partial charge in [0.05, 0.1) is 17.8 Å². The van der Waals surface area contributed by atoms with Gasteiger partial charge in [-0.15, -0.1) is 0 Å². The zero-order chi connectivity index (χ0) is 22.8. The number of aromatic nitrogens is 6.